The second-order valence-electron chi connectivity index (χ2n) is 5.99. The van der Waals surface area contributed by atoms with Crippen molar-refractivity contribution in [3.63, 3.8) is 0 Å². The predicted octanol–water partition coefficient (Wildman–Crippen LogP) is 1.94. The van der Waals surface area contributed by atoms with Crippen LogP contribution in [0.15, 0.2) is 0 Å². The minimum absolute atomic E-state index is 0.0224. The van der Waals surface area contributed by atoms with E-state index in [9.17, 15) is 9.59 Å². The molecule has 6 heteroatoms. The highest BCUT2D eigenvalue weighted by atomic mass is 35.5. The van der Waals surface area contributed by atoms with Crippen molar-refractivity contribution >= 4 is 23.6 Å². The summed E-state index contributed by atoms with van der Waals surface area (Å²) >= 11 is 5.53. The number of carbonyl (C=O) groups excluding carboxylic acids is 2. The molecular weight excluding hydrogens is 268 g/mol. The number of halogens is 1. The number of likely N-dealkylation sites (tertiary alicyclic amines) is 1. The number of amides is 2. The third-order valence-corrected chi connectivity index (χ3v) is 3.22. The molecule has 0 N–H and O–H groups in total. The van der Waals surface area contributed by atoms with E-state index in [1.807, 2.05) is 20.8 Å². The average Bonchev–Trinajstić information content (AvgIpc) is 2.74. The molecule has 1 rings (SSSR count). The molecule has 19 heavy (non-hydrogen) atoms. The third kappa shape index (κ3) is 5.27. The Kier molecular flexibility index (Phi) is 5.47. The van der Waals surface area contributed by atoms with Gasteiger partial charge in [0.15, 0.2) is 0 Å². The third-order valence-electron chi connectivity index (χ3n) is 2.99. The van der Waals surface area contributed by atoms with Crippen LogP contribution in [0.1, 0.15) is 27.2 Å². The lowest BCUT2D eigenvalue weighted by Gasteiger charge is -2.26. The first-order valence-corrected chi connectivity index (χ1v) is 7.04. The molecule has 2 amide bonds. The molecule has 1 fully saturated rings. The van der Waals surface area contributed by atoms with Gasteiger partial charge in [-0.05, 0) is 33.1 Å². The van der Waals surface area contributed by atoms with E-state index in [4.69, 9.17) is 16.3 Å². The highest BCUT2D eigenvalue weighted by Crippen LogP contribution is 2.18. The van der Waals surface area contributed by atoms with Crippen molar-refractivity contribution in [2.45, 2.75) is 32.8 Å². The molecule has 1 aliphatic rings. The zero-order chi connectivity index (χ0) is 14.6. The van der Waals surface area contributed by atoms with Gasteiger partial charge in [-0.25, -0.2) is 4.79 Å². The molecule has 0 saturated carbocycles. The predicted molar refractivity (Wildman–Crippen MR) is 74.3 cm³/mol. The molecule has 1 heterocycles. The van der Waals surface area contributed by atoms with Gasteiger partial charge in [0.25, 0.3) is 0 Å². The minimum Gasteiger partial charge on any atom is -0.444 e. The van der Waals surface area contributed by atoms with E-state index in [2.05, 4.69) is 0 Å². The summed E-state index contributed by atoms with van der Waals surface area (Å²) in [6, 6.07) is 0. The Morgan fingerprint density at radius 3 is 2.58 bits per heavy atom. The fraction of sp³-hybridized carbons (Fsp3) is 0.846. The van der Waals surface area contributed by atoms with Gasteiger partial charge in [-0.1, -0.05) is 0 Å². The molecule has 1 saturated heterocycles. The van der Waals surface area contributed by atoms with Gasteiger partial charge in [-0.15, -0.1) is 11.6 Å². The quantitative estimate of drug-likeness (QED) is 0.747. The largest absolute Gasteiger partial charge is 0.444 e. The second kappa shape index (κ2) is 6.46. The van der Waals surface area contributed by atoms with Gasteiger partial charge in [-0.2, -0.15) is 0 Å². The fourth-order valence-corrected chi connectivity index (χ4v) is 2.26. The monoisotopic (exact) mass is 290 g/mol. The standard InChI is InChI=1S/C13H23ClN2O3/c1-13(2,3)19-12(18)15(4)8-10-5-6-16(9-10)11(17)7-14/h10H,5-9H2,1-4H3/t10-/m1/s1. The smallest absolute Gasteiger partial charge is 0.410 e. The van der Waals surface area contributed by atoms with Crippen LogP contribution in [0.25, 0.3) is 0 Å². The molecule has 0 unspecified atom stereocenters. The molecule has 110 valence electrons. The number of ether oxygens (including phenoxy) is 1. The van der Waals surface area contributed by atoms with E-state index in [-0.39, 0.29) is 17.9 Å². The maximum Gasteiger partial charge on any atom is 0.410 e. The van der Waals surface area contributed by atoms with E-state index in [0.717, 1.165) is 13.0 Å². The van der Waals surface area contributed by atoms with Gasteiger partial charge in [0.05, 0.1) is 0 Å². The Morgan fingerprint density at radius 2 is 2.05 bits per heavy atom. The summed E-state index contributed by atoms with van der Waals surface area (Å²) in [4.78, 5) is 26.6. The van der Waals surface area contributed by atoms with E-state index < -0.39 is 5.60 Å². The van der Waals surface area contributed by atoms with Crippen LogP contribution in [0, 0.1) is 5.92 Å². The van der Waals surface area contributed by atoms with E-state index >= 15 is 0 Å². The molecule has 0 bridgehead atoms. The topological polar surface area (TPSA) is 49.9 Å². The summed E-state index contributed by atoms with van der Waals surface area (Å²) in [7, 11) is 1.72. The van der Waals surface area contributed by atoms with Gasteiger partial charge >= 0.3 is 6.09 Å². The van der Waals surface area contributed by atoms with Gasteiger partial charge in [0, 0.05) is 26.7 Å². The Hall–Kier alpha value is -0.970. The van der Waals surface area contributed by atoms with Crippen LogP contribution in [-0.4, -0.2) is 60.0 Å². The van der Waals surface area contributed by atoms with Crippen LogP contribution >= 0.6 is 11.6 Å². The van der Waals surface area contributed by atoms with Crippen molar-refractivity contribution < 1.29 is 14.3 Å². The molecule has 0 aromatic carbocycles. The number of carbonyl (C=O) groups is 2. The summed E-state index contributed by atoms with van der Waals surface area (Å²) in [6.07, 6.45) is 0.574. The first-order chi connectivity index (χ1) is 8.73. The van der Waals surface area contributed by atoms with Crippen LogP contribution in [-0.2, 0) is 9.53 Å². The number of alkyl halides is 1. The van der Waals surface area contributed by atoms with Crippen LogP contribution in [0.5, 0.6) is 0 Å². The molecular formula is C13H23ClN2O3. The SMILES string of the molecule is CN(C[C@H]1CCN(C(=O)CCl)C1)C(=O)OC(C)(C)C. The van der Waals surface area contributed by atoms with Gasteiger partial charge < -0.3 is 14.5 Å². The molecule has 0 aromatic rings. The maximum absolute atomic E-state index is 11.8. The summed E-state index contributed by atoms with van der Waals surface area (Å²) in [5.41, 5.74) is -0.484. The van der Waals surface area contributed by atoms with E-state index in [1.54, 1.807) is 16.8 Å². The van der Waals surface area contributed by atoms with Crippen molar-refractivity contribution in [2.24, 2.45) is 5.92 Å². The van der Waals surface area contributed by atoms with E-state index in [0.29, 0.717) is 19.0 Å². The Balaban J connectivity index is 2.40. The minimum atomic E-state index is -0.484. The molecule has 0 radical (unpaired) electrons. The van der Waals surface area contributed by atoms with Crippen LogP contribution in [0.3, 0.4) is 0 Å². The lowest BCUT2D eigenvalue weighted by atomic mass is 10.1. The first kappa shape index (κ1) is 16.1. The van der Waals surface area contributed by atoms with Gasteiger partial charge in [-0.3, -0.25) is 4.79 Å². The summed E-state index contributed by atoms with van der Waals surface area (Å²) in [6.45, 7) is 7.51. The second-order valence-corrected chi connectivity index (χ2v) is 6.26. The first-order valence-electron chi connectivity index (χ1n) is 6.51. The van der Waals surface area contributed by atoms with Gasteiger partial charge in [0.1, 0.15) is 11.5 Å². The molecule has 0 aliphatic carbocycles. The summed E-state index contributed by atoms with van der Waals surface area (Å²) in [5, 5.41) is 0. The lowest BCUT2D eigenvalue weighted by Crippen LogP contribution is -2.38. The Bertz CT molecular complexity index is 341. The van der Waals surface area contributed by atoms with Crippen LogP contribution in [0.2, 0.25) is 0 Å². The molecule has 1 atom stereocenters. The normalized spacial score (nSPS) is 19.4. The average molecular weight is 291 g/mol. The number of hydrogen-bond acceptors (Lipinski definition) is 3. The summed E-state index contributed by atoms with van der Waals surface area (Å²) in [5.74, 6) is 0.281. The highest BCUT2D eigenvalue weighted by Gasteiger charge is 2.28. The molecule has 0 aromatic heterocycles. The lowest BCUT2D eigenvalue weighted by molar-refractivity contribution is -0.127. The van der Waals surface area contributed by atoms with Gasteiger partial charge in [0.2, 0.25) is 5.91 Å². The molecule has 0 spiro atoms. The Morgan fingerprint density at radius 1 is 1.42 bits per heavy atom. The number of rotatable bonds is 3. The summed E-state index contributed by atoms with van der Waals surface area (Å²) < 4.78 is 5.29. The number of hydrogen-bond donors (Lipinski definition) is 0. The maximum atomic E-state index is 11.8. The number of nitrogens with zero attached hydrogens (tertiary/aromatic N) is 2. The zero-order valence-electron chi connectivity index (χ0n) is 12.1. The van der Waals surface area contributed by atoms with Crippen molar-refractivity contribution in [3.05, 3.63) is 0 Å². The fourth-order valence-electron chi connectivity index (χ4n) is 2.09. The van der Waals surface area contributed by atoms with Crippen LogP contribution in [0.4, 0.5) is 4.79 Å². The van der Waals surface area contributed by atoms with Crippen LogP contribution < -0.4 is 0 Å². The van der Waals surface area contributed by atoms with Crippen molar-refractivity contribution in [1.29, 1.82) is 0 Å². The molecule has 5 nitrogen and oxygen atoms in total. The van der Waals surface area contributed by atoms with E-state index in [1.165, 1.54) is 0 Å². The Labute approximate surface area is 119 Å². The van der Waals surface area contributed by atoms with Crippen molar-refractivity contribution in [2.75, 3.05) is 32.6 Å². The highest BCUT2D eigenvalue weighted by molar-refractivity contribution is 6.27. The van der Waals surface area contributed by atoms with Crippen molar-refractivity contribution in [3.8, 4) is 0 Å². The van der Waals surface area contributed by atoms with Crippen molar-refractivity contribution in [1.82, 2.24) is 9.80 Å². The zero-order valence-corrected chi connectivity index (χ0v) is 12.9. The molecule has 1 aliphatic heterocycles.